The number of nitrogens with two attached hydrogens (primary N) is 1. The second-order valence-corrected chi connectivity index (χ2v) is 6.74. The van der Waals surface area contributed by atoms with Gasteiger partial charge in [-0.05, 0) is 37.9 Å². The van der Waals surface area contributed by atoms with E-state index in [-0.39, 0.29) is 6.04 Å². The van der Waals surface area contributed by atoms with E-state index in [0.29, 0.717) is 6.54 Å². The van der Waals surface area contributed by atoms with E-state index in [2.05, 4.69) is 52.8 Å². The van der Waals surface area contributed by atoms with Crippen LogP contribution in [0.5, 0.6) is 0 Å². The molecule has 3 nitrogen and oxygen atoms in total. The molecule has 1 aromatic carbocycles. The van der Waals surface area contributed by atoms with E-state index in [1.54, 1.807) is 23.1 Å². The fourth-order valence-electron chi connectivity index (χ4n) is 2.24. The summed E-state index contributed by atoms with van der Waals surface area (Å²) < 4.78 is 0. The number of nitrogens with zero attached hydrogens (tertiary/aromatic N) is 2. The highest BCUT2D eigenvalue weighted by molar-refractivity contribution is 7.98. The van der Waals surface area contributed by atoms with E-state index in [1.807, 2.05) is 6.92 Å². The van der Waals surface area contributed by atoms with Gasteiger partial charge < -0.3 is 5.73 Å². The van der Waals surface area contributed by atoms with Gasteiger partial charge in [0.05, 0.1) is 10.7 Å². The van der Waals surface area contributed by atoms with E-state index < -0.39 is 0 Å². The number of hydrogen-bond acceptors (Lipinski definition) is 5. The number of aryl methyl sites for hydroxylation is 1. The van der Waals surface area contributed by atoms with Crippen LogP contribution in [0.1, 0.15) is 22.3 Å². The van der Waals surface area contributed by atoms with Gasteiger partial charge in [-0.15, -0.1) is 23.1 Å². The van der Waals surface area contributed by atoms with Crippen LogP contribution in [-0.4, -0.2) is 29.7 Å². The van der Waals surface area contributed by atoms with Crippen LogP contribution >= 0.6 is 23.1 Å². The molecule has 1 unspecified atom stereocenters. The van der Waals surface area contributed by atoms with Crippen molar-refractivity contribution in [2.24, 2.45) is 5.73 Å². The summed E-state index contributed by atoms with van der Waals surface area (Å²) in [6.45, 7) is 3.48. The Balaban J connectivity index is 2.09. The van der Waals surface area contributed by atoms with Crippen molar-refractivity contribution < 1.29 is 0 Å². The molecule has 2 N–H and O–H groups in total. The van der Waals surface area contributed by atoms with Crippen LogP contribution in [0.25, 0.3) is 0 Å². The van der Waals surface area contributed by atoms with Crippen LogP contribution in [0.15, 0.2) is 34.5 Å². The van der Waals surface area contributed by atoms with Crippen molar-refractivity contribution in [1.29, 1.82) is 0 Å². The largest absolute Gasteiger partial charge is 0.329 e. The van der Waals surface area contributed by atoms with Gasteiger partial charge in [-0.2, -0.15) is 0 Å². The first-order chi connectivity index (χ1) is 9.63. The highest BCUT2D eigenvalue weighted by atomic mass is 32.2. The van der Waals surface area contributed by atoms with E-state index in [1.165, 1.54) is 10.5 Å². The molecule has 0 amide bonds. The molecule has 1 aromatic heterocycles. The summed E-state index contributed by atoms with van der Waals surface area (Å²) in [5.74, 6) is 0. The van der Waals surface area contributed by atoms with Gasteiger partial charge in [0, 0.05) is 29.4 Å². The molecule has 1 heterocycles. The van der Waals surface area contributed by atoms with Crippen LogP contribution in [0, 0.1) is 6.92 Å². The standard InChI is InChI=1S/C15H21N3S2/c1-11-17-13(10-20-11)9-18(2)15(8-16)12-4-6-14(19-3)7-5-12/h4-7,10,15H,8-9,16H2,1-3H3. The maximum atomic E-state index is 5.97. The third kappa shape index (κ3) is 3.82. The van der Waals surface area contributed by atoms with E-state index in [9.17, 15) is 0 Å². The first-order valence-corrected chi connectivity index (χ1v) is 8.69. The molecule has 0 spiro atoms. The van der Waals surface area contributed by atoms with Gasteiger partial charge in [-0.3, -0.25) is 4.90 Å². The molecule has 0 saturated carbocycles. The van der Waals surface area contributed by atoms with Gasteiger partial charge in [0.2, 0.25) is 0 Å². The average Bonchev–Trinajstić information content (AvgIpc) is 2.85. The lowest BCUT2D eigenvalue weighted by atomic mass is 10.1. The molecule has 0 aliphatic carbocycles. The van der Waals surface area contributed by atoms with Crippen LogP contribution in [0.3, 0.4) is 0 Å². The first-order valence-electron chi connectivity index (χ1n) is 6.59. The number of aromatic nitrogens is 1. The highest BCUT2D eigenvalue weighted by Gasteiger charge is 2.16. The zero-order valence-electron chi connectivity index (χ0n) is 12.2. The van der Waals surface area contributed by atoms with Crippen LogP contribution in [0.2, 0.25) is 0 Å². The third-order valence-corrected chi connectivity index (χ3v) is 4.90. The number of hydrogen-bond donors (Lipinski definition) is 1. The normalized spacial score (nSPS) is 12.8. The maximum Gasteiger partial charge on any atom is 0.0897 e. The molecule has 0 aliphatic heterocycles. The zero-order valence-corrected chi connectivity index (χ0v) is 13.8. The Morgan fingerprint density at radius 3 is 2.55 bits per heavy atom. The number of likely N-dealkylation sites (N-methyl/N-ethyl adjacent to an activating group) is 1. The van der Waals surface area contributed by atoms with Gasteiger partial charge in [-0.1, -0.05) is 12.1 Å². The van der Waals surface area contributed by atoms with Gasteiger partial charge in [-0.25, -0.2) is 4.98 Å². The second kappa shape index (κ2) is 7.22. The van der Waals surface area contributed by atoms with Gasteiger partial charge in [0.15, 0.2) is 0 Å². The summed E-state index contributed by atoms with van der Waals surface area (Å²) >= 11 is 3.45. The highest BCUT2D eigenvalue weighted by Crippen LogP contribution is 2.23. The van der Waals surface area contributed by atoms with Crippen molar-refractivity contribution in [3.63, 3.8) is 0 Å². The summed E-state index contributed by atoms with van der Waals surface area (Å²) in [6, 6.07) is 8.89. The maximum absolute atomic E-state index is 5.97. The SMILES string of the molecule is CSc1ccc(C(CN)N(C)Cc2csc(C)n2)cc1. The van der Waals surface area contributed by atoms with Crippen molar-refractivity contribution in [1.82, 2.24) is 9.88 Å². The van der Waals surface area contributed by atoms with Crippen LogP contribution in [0.4, 0.5) is 0 Å². The Bertz CT molecular complexity index is 536. The number of benzene rings is 1. The molecular weight excluding hydrogens is 286 g/mol. The minimum atomic E-state index is 0.230. The minimum absolute atomic E-state index is 0.230. The Kier molecular flexibility index (Phi) is 5.60. The first kappa shape index (κ1) is 15.5. The average molecular weight is 307 g/mol. The van der Waals surface area contributed by atoms with Crippen molar-refractivity contribution in [2.75, 3.05) is 19.8 Å². The molecule has 1 atom stereocenters. The smallest absolute Gasteiger partial charge is 0.0897 e. The van der Waals surface area contributed by atoms with Crippen molar-refractivity contribution in [2.45, 2.75) is 24.4 Å². The summed E-state index contributed by atoms with van der Waals surface area (Å²) in [5, 5.41) is 3.23. The van der Waals surface area contributed by atoms with Crippen LogP contribution < -0.4 is 5.73 Å². The second-order valence-electron chi connectivity index (χ2n) is 4.80. The fraction of sp³-hybridized carbons (Fsp3) is 0.400. The molecule has 0 aliphatic rings. The van der Waals surface area contributed by atoms with Gasteiger partial charge >= 0.3 is 0 Å². The van der Waals surface area contributed by atoms with E-state index in [4.69, 9.17) is 5.73 Å². The molecule has 0 saturated heterocycles. The number of thiazole rings is 1. The molecule has 5 heteroatoms. The van der Waals surface area contributed by atoms with Crippen molar-refractivity contribution in [3.8, 4) is 0 Å². The Labute approximate surface area is 129 Å². The molecule has 0 fully saturated rings. The topological polar surface area (TPSA) is 42.1 Å². The van der Waals surface area contributed by atoms with Crippen molar-refractivity contribution in [3.05, 3.63) is 45.9 Å². The lowest BCUT2D eigenvalue weighted by molar-refractivity contribution is 0.239. The fourth-order valence-corrected chi connectivity index (χ4v) is 3.26. The minimum Gasteiger partial charge on any atom is -0.329 e. The quantitative estimate of drug-likeness (QED) is 0.832. The van der Waals surface area contributed by atoms with E-state index in [0.717, 1.165) is 17.2 Å². The Hall–Kier alpha value is -0.880. The number of rotatable bonds is 6. The Morgan fingerprint density at radius 1 is 1.35 bits per heavy atom. The van der Waals surface area contributed by atoms with Gasteiger partial charge in [0.1, 0.15) is 0 Å². The zero-order chi connectivity index (χ0) is 14.5. The van der Waals surface area contributed by atoms with Crippen LogP contribution in [-0.2, 0) is 6.54 Å². The lowest BCUT2D eigenvalue weighted by Crippen LogP contribution is -2.30. The molecule has 2 rings (SSSR count). The molecule has 0 bridgehead atoms. The summed E-state index contributed by atoms with van der Waals surface area (Å²) in [4.78, 5) is 8.07. The number of thioether (sulfide) groups is 1. The molecule has 2 aromatic rings. The summed E-state index contributed by atoms with van der Waals surface area (Å²) in [5.41, 5.74) is 8.35. The summed E-state index contributed by atoms with van der Waals surface area (Å²) in [6.07, 6.45) is 2.09. The third-order valence-electron chi connectivity index (χ3n) is 3.33. The molecule has 0 radical (unpaired) electrons. The van der Waals surface area contributed by atoms with Crippen molar-refractivity contribution >= 4 is 23.1 Å². The molecular formula is C15H21N3S2. The monoisotopic (exact) mass is 307 g/mol. The lowest BCUT2D eigenvalue weighted by Gasteiger charge is -2.26. The molecule has 20 heavy (non-hydrogen) atoms. The predicted octanol–water partition coefficient (Wildman–Crippen LogP) is 3.31. The molecule has 108 valence electrons. The summed E-state index contributed by atoms with van der Waals surface area (Å²) in [7, 11) is 2.11. The van der Waals surface area contributed by atoms with E-state index >= 15 is 0 Å². The Morgan fingerprint density at radius 2 is 2.05 bits per heavy atom. The predicted molar refractivity (Wildman–Crippen MR) is 88.3 cm³/mol. The van der Waals surface area contributed by atoms with Gasteiger partial charge in [0.25, 0.3) is 0 Å².